The molecule has 1 heterocycles. The molecule has 6 aliphatic carbocycles. The maximum Gasteiger partial charge on any atom is 0.250 e. The molecule has 0 aliphatic heterocycles. The van der Waals surface area contributed by atoms with Gasteiger partial charge in [0.05, 0.1) is 0 Å². The summed E-state index contributed by atoms with van der Waals surface area (Å²) in [6.07, 6.45) is 8.22. The van der Waals surface area contributed by atoms with E-state index in [1.165, 1.54) is 0 Å². The lowest BCUT2D eigenvalue weighted by Crippen LogP contribution is -2.65. The summed E-state index contributed by atoms with van der Waals surface area (Å²) in [5.74, 6) is 2.54. The van der Waals surface area contributed by atoms with Gasteiger partial charge in [0.2, 0.25) is 20.1 Å². The highest BCUT2D eigenvalue weighted by atomic mass is 28.4. The summed E-state index contributed by atoms with van der Waals surface area (Å²) in [6, 6.07) is 8.15. The van der Waals surface area contributed by atoms with Gasteiger partial charge in [-0.15, -0.1) is 0 Å². The highest BCUT2D eigenvalue weighted by Gasteiger charge is 2.69. The van der Waals surface area contributed by atoms with Crippen molar-refractivity contribution in [2.45, 2.75) is 140 Å². The molecular formula is C34H50FN3O3Si. The maximum absolute atomic E-state index is 14.4. The second-order valence-corrected chi connectivity index (χ2v) is 21.9. The van der Waals surface area contributed by atoms with Gasteiger partial charge in [-0.2, -0.15) is 4.98 Å². The number of amides is 1. The first-order valence-electron chi connectivity index (χ1n) is 16.0. The van der Waals surface area contributed by atoms with Crippen LogP contribution in [0.2, 0.25) is 18.1 Å². The molecule has 0 radical (unpaired) electrons. The first kappa shape index (κ1) is 29.8. The molecular weight excluding hydrogens is 545 g/mol. The molecule has 42 heavy (non-hydrogen) atoms. The topological polar surface area (TPSA) is 68.5 Å². The fraction of sp³-hybridized carbons (Fsp3) is 0.735. The molecule has 6 fully saturated rings. The Morgan fingerprint density at radius 3 is 2.14 bits per heavy atom. The van der Waals surface area contributed by atoms with E-state index < -0.39 is 14.0 Å². The number of carbonyl (C=O) groups is 1. The summed E-state index contributed by atoms with van der Waals surface area (Å²) in [7, 11) is -2.04. The van der Waals surface area contributed by atoms with Gasteiger partial charge in [-0.05, 0) is 98.9 Å². The molecule has 6 aliphatic rings. The van der Waals surface area contributed by atoms with Crippen molar-refractivity contribution < 1.29 is 18.1 Å². The Labute approximate surface area is 252 Å². The summed E-state index contributed by atoms with van der Waals surface area (Å²) in [5.41, 5.74) is -0.358. The zero-order valence-corrected chi connectivity index (χ0v) is 28.0. The highest BCUT2D eigenvalue weighted by Crippen LogP contribution is 2.71. The van der Waals surface area contributed by atoms with E-state index in [9.17, 15) is 9.18 Å². The number of anilines is 1. The molecule has 0 unspecified atom stereocenters. The van der Waals surface area contributed by atoms with Crippen LogP contribution in [0.1, 0.15) is 117 Å². The summed E-state index contributed by atoms with van der Waals surface area (Å²) in [5, 5.41) is 4.54. The summed E-state index contributed by atoms with van der Waals surface area (Å²) in [6.45, 7) is 18.2. The van der Waals surface area contributed by atoms with Crippen LogP contribution in [-0.2, 0) is 15.6 Å². The molecule has 4 bridgehead atoms. The lowest BCUT2D eigenvalue weighted by atomic mass is 9.41. The number of alkyl halides is 1. The normalized spacial score (nSPS) is 32.2. The monoisotopic (exact) mass is 595 g/mol. The lowest BCUT2D eigenvalue weighted by molar-refractivity contribution is -0.215. The van der Waals surface area contributed by atoms with Gasteiger partial charge in [-0.25, -0.2) is 4.39 Å². The average Bonchev–Trinajstić information content (AvgIpc) is 3.38. The Kier molecular flexibility index (Phi) is 6.67. The van der Waals surface area contributed by atoms with Gasteiger partial charge in [0.25, 0.3) is 0 Å². The largest absolute Gasteiger partial charge is 0.543 e. The van der Waals surface area contributed by atoms with Crippen LogP contribution in [0.5, 0.6) is 5.75 Å². The average molecular weight is 596 g/mol. The van der Waals surface area contributed by atoms with E-state index in [2.05, 4.69) is 71.9 Å². The van der Waals surface area contributed by atoms with E-state index in [-0.39, 0.29) is 32.6 Å². The maximum atomic E-state index is 14.4. The van der Waals surface area contributed by atoms with Crippen molar-refractivity contribution in [3.8, 4) is 5.75 Å². The minimum absolute atomic E-state index is 0.0260. The third-order valence-corrected chi connectivity index (χ3v) is 16.0. The van der Waals surface area contributed by atoms with Crippen LogP contribution in [0.25, 0.3) is 0 Å². The van der Waals surface area contributed by atoms with Crippen LogP contribution < -0.4 is 9.33 Å². The molecule has 0 spiro atoms. The Hall–Kier alpha value is -2.22. The Balaban J connectivity index is 1.23. The smallest absolute Gasteiger partial charge is 0.250 e. The molecule has 6 saturated carbocycles. The molecule has 6 nitrogen and oxygen atoms in total. The molecule has 1 aromatic heterocycles. The SMILES string of the molecule is CC(C)(C)c1nc(C23CCC(CN(C(=O)CC45CC(F)(C4)C5)c4cccc(O[Si](C)(C)C(C)(C)C)c4)(CC2)CC3)no1. The third-order valence-electron chi connectivity index (χ3n) is 11.6. The number of hydrogen-bond acceptors (Lipinski definition) is 5. The fourth-order valence-corrected chi connectivity index (χ4v) is 8.89. The van der Waals surface area contributed by atoms with E-state index in [1.807, 2.05) is 17.0 Å². The molecule has 2 aromatic rings. The minimum atomic E-state index is -2.04. The fourth-order valence-electron chi connectivity index (χ4n) is 7.87. The predicted octanol–water partition coefficient (Wildman–Crippen LogP) is 8.66. The van der Waals surface area contributed by atoms with Gasteiger partial charge in [0.15, 0.2) is 5.82 Å². The first-order valence-corrected chi connectivity index (χ1v) is 18.9. The van der Waals surface area contributed by atoms with Crippen LogP contribution >= 0.6 is 0 Å². The first-order chi connectivity index (χ1) is 19.4. The summed E-state index contributed by atoms with van der Waals surface area (Å²) in [4.78, 5) is 21.0. The van der Waals surface area contributed by atoms with Gasteiger partial charge >= 0.3 is 0 Å². The lowest BCUT2D eigenvalue weighted by Gasteiger charge is -2.66. The molecule has 1 amide bonds. The van der Waals surface area contributed by atoms with E-state index in [1.54, 1.807) is 0 Å². The zero-order chi connectivity index (χ0) is 30.4. The number of carbonyl (C=O) groups excluding carboxylic acids is 1. The minimum Gasteiger partial charge on any atom is -0.543 e. The van der Waals surface area contributed by atoms with Crippen molar-refractivity contribution in [2.75, 3.05) is 11.4 Å². The Bertz CT molecular complexity index is 1330. The standard InChI is InChI=1S/C34H50FN3O3Si/c1-29(2,3)28-36-27(37-40-28)33-15-12-31(13-16-33,14-17-33)23-38(26(39)19-32-20-34(35,21-32)22-32)24-10-9-11-25(18-24)41-42(7,8)30(4,5)6/h9-11,18H,12-17,19-23H2,1-8H3. The number of benzene rings is 1. The van der Waals surface area contributed by atoms with Crippen molar-refractivity contribution in [1.82, 2.24) is 10.1 Å². The van der Waals surface area contributed by atoms with E-state index in [0.29, 0.717) is 38.1 Å². The molecule has 8 rings (SSSR count). The summed E-state index contributed by atoms with van der Waals surface area (Å²) < 4.78 is 26.7. The van der Waals surface area contributed by atoms with Crippen LogP contribution in [0.4, 0.5) is 10.1 Å². The molecule has 0 N–H and O–H groups in total. The van der Waals surface area contributed by atoms with Crippen molar-refractivity contribution in [3.63, 3.8) is 0 Å². The van der Waals surface area contributed by atoms with Crippen LogP contribution in [-0.4, -0.2) is 36.6 Å². The van der Waals surface area contributed by atoms with Crippen molar-refractivity contribution in [2.24, 2.45) is 10.8 Å². The molecule has 0 saturated heterocycles. The predicted molar refractivity (Wildman–Crippen MR) is 166 cm³/mol. The van der Waals surface area contributed by atoms with Crippen molar-refractivity contribution in [1.29, 1.82) is 0 Å². The van der Waals surface area contributed by atoms with Gasteiger partial charge in [-0.3, -0.25) is 4.79 Å². The molecule has 8 heteroatoms. The van der Waals surface area contributed by atoms with Gasteiger partial charge in [-0.1, -0.05) is 52.8 Å². The molecule has 0 atom stereocenters. The van der Waals surface area contributed by atoms with Gasteiger partial charge < -0.3 is 13.8 Å². The van der Waals surface area contributed by atoms with E-state index >= 15 is 0 Å². The van der Waals surface area contributed by atoms with Crippen molar-refractivity contribution in [3.05, 3.63) is 36.0 Å². The Morgan fingerprint density at radius 2 is 1.62 bits per heavy atom. The number of nitrogens with zero attached hydrogens (tertiary/aromatic N) is 3. The van der Waals surface area contributed by atoms with E-state index in [0.717, 1.165) is 55.8 Å². The summed E-state index contributed by atoms with van der Waals surface area (Å²) >= 11 is 0. The zero-order valence-electron chi connectivity index (χ0n) is 27.0. The van der Waals surface area contributed by atoms with Crippen LogP contribution in [0, 0.1) is 10.8 Å². The number of hydrogen-bond donors (Lipinski definition) is 0. The van der Waals surface area contributed by atoms with Crippen LogP contribution in [0.3, 0.4) is 0 Å². The second-order valence-electron chi connectivity index (χ2n) is 17.2. The number of rotatable bonds is 8. The highest BCUT2D eigenvalue weighted by molar-refractivity contribution is 6.74. The third kappa shape index (κ3) is 5.13. The van der Waals surface area contributed by atoms with Crippen molar-refractivity contribution >= 4 is 19.9 Å². The Morgan fingerprint density at radius 1 is 1.00 bits per heavy atom. The van der Waals surface area contributed by atoms with Gasteiger partial charge in [0.1, 0.15) is 11.4 Å². The molecule has 1 aromatic carbocycles. The number of halogens is 1. The molecule has 230 valence electrons. The second kappa shape index (κ2) is 9.39. The quantitative estimate of drug-likeness (QED) is 0.286. The van der Waals surface area contributed by atoms with Gasteiger partial charge in [0, 0.05) is 35.5 Å². The van der Waals surface area contributed by atoms with E-state index in [4.69, 9.17) is 13.9 Å². The number of fused-ring (bicyclic) bond motifs is 3. The van der Waals surface area contributed by atoms with Crippen LogP contribution in [0.15, 0.2) is 28.8 Å². The number of aromatic nitrogens is 2.